The Kier molecular flexibility index (Phi) is 4.82. The largest absolute Gasteiger partial charge is 0.333 e. The SMILES string of the molecule is CC(C)N(C)C[C@H]1CN(C(=O)c2cccs2)Cc2nccn2C1. The van der Waals surface area contributed by atoms with Gasteiger partial charge in [-0.15, -0.1) is 11.3 Å². The lowest BCUT2D eigenvalue weighted by Gasteiger charge is -2.29. The summed E-state index contributed by atoms with van der Waals surface area (Å²) >= 11 is 1.51. The summed E-state index contributed by atoms with van der Waals surface area (Å²) in [7, 11) is 2.15. The Bertz CT molecular complexity index is 649. The van der Waals surface area contributed by atoms with Crippen molar-refractivity contribution >= 4 is 17.2 Å². The molecule has 0 N–H and O–H groups in total. The molecule has 1 aliphatic heterocycles. The smallest absolute Gasteiger partial charge is 0.264 e. The van der Waals surface area contributed by atoms with E-state index in [-0.39, 0.29) is 5.91 Å². The molecule has 0 saturated heterocycles. The van der Waals surface area contributed by atoms with Crippen molar-refractivity contribution in [2.75, 3.05) is 20.1 Å². The summed E-state index contributed by atoms with van der Waals surface area (Å²) in [4.78, 5) is 22.3. The van der Waals surface area contributed by atoms with Gasteiger partial charge in [-0.3, -0.25) is 4.79 Å². The number of aromatic nitrogens is 2. The number of hydrogen-bond donors (Lipinski definition) is 0. The highest BCUT2D eigenvalue weighted by atomic mass is 32.1. The minimum atomic E-state index is 0.119. The van der Waals surface area contributed by atoms with Crippen molar-refractivity contribution in [2.24, 2.45) is 5.92 Å². The number of fused-ring (bicyclic) bond motifs is 1. The van der Waals surface area contributed by atoms with Crippen LogP contribution in [0.5, 0.6) is 0 Å². The van der Waals surface area contributed by atoms with E-state index in [1.807, 2.05) is 34.8 Å². The van der Waals surface area contributed by atoms with Gasteiger partial charge in [0, 0.05) is 44.0 Å². The number of rotatable bonds is 4. The minimum Gasteiger partial charge on any atom is -0.333 e. The van der Waals surface area contributed by atoms with Gasteiger partial charge < -0.3 is 14.4 Å². The molecular formula is C17H24N4OS. The molecule has 0 radical (unpaired) electrons. The van der Waals surface area contributed by atoms with Crippen LogP contribution in [0.1, 0.15) is 29.3 Å². The van der Waals surface area contributed by atoms with Crippen LogP contribution in [0.2, 0.25) is 0 Å². The number of imidazole rings is 1. The lowest BCUT2D eigenvalue weighted by atomic mass is 10.1. The van der Waals surface area contributed by atoms with Crippen LogP contribution in [0.4, 0.5) is 0 Å². The summed E-state index contributed by atoms with van der Waals surface area (Å²) in [5.41, 5.74) is 0. The Hall–Kier alpha value is -1.66. The second kappa shape index (κ2) is 6.84. The number of amides is 1. The lowest BCUT2D eigenvalue weighted by molar-refractivity contribution is 0.0707. The molecular weight excluding hydrogens is 308 g/mol. The normalized spacial score (nSPS) is 18.3. The zero-order valence-corrected chi connectivity index (χ0v) is 14.8. The van der Waals surface area contributed by atoms with Crippen molar-refractivity contribution in [2.45, 2.75) is 33.0 Å². The van der Waals surface area contributed by atoms with Gasteiger partial charge in [-0.2, -0.15) is 0 Å². The van der Waals surface area contributed by atoms with Crippen LogP contribution in [-0.2, 0) is 13.1 Å². The van der Waals surface area contributed by atoms with E-state index in [2.05, 4.69) is 35.3 Å². The van der Waals surface area contributed by atoms with Crippen LogP contribution in [0.3, 0.4) is 0 Å². The van der Waals surface area contributed by atoms with Crippen LogP contribution in [0.25, 0.3) is 0 Å². The molecule has 1 amide bonds. The first kappa shape index (κ1) is 16.2. The third-order valence-corrected chi connectivity index (χ3v) is 5.37. The van der Waals surface area contributed by atoms with Gasteiger partial charge in [0.15, 0.2) is 0 Å². The average molecular weight is 332 g/mol. The van der Waals surface area contributed by atoms with E-state index in [4.69, 9.17) is 0 Å². The highest BCUT2D eigenvalue weighted by Gasteiger charge is 2.27. The molecule has 5 nitrogen and oxygen atoms in total. The third kappa shape index (κ3) is 3.64. The molecule has 3 heterocycles. The maximum Gasteiger partial charge on any atom is 0.264 e. The summed E-state index contributed by atoms with van der Waals surface area (Å²) in [6.45, 7) is 7.66. The van der Waals surface area contributed by atoms with Crippen molar-refractivity contribution in [1.29, 1.82) is 0 Å². The molecule has 0 aromatic carbocycles. The Labute approximate surface area is 141 Å². The quantitative estimate of drug-likeness (QED) is 0.864. The molecule has 3 rings (SSSR count). The zero-order chi connectivity index (χ0) is 16.4. The molecule has 124 valence electrons. The maximum absolute atomic E-state index is 12.8. The standard InChI is InChI=1S/C17H24N4OS/c1-13(2)19(3)9-14-10-20-7-6-18-16(20)12-21(11-14)17(22)15-5-4-8-23-15/h4-8,13-14H,9-12H2,1-3H3/t14-/m1/s1. The van der Waals surface area contributed by atoms with E-state index in [0.29, 0.717) is 18.5 Å². The summed E-state index contributed by atoms with van der Waals surface area (Å²) in [6, 6.07) is 4.34. The molecule has 0 spiro atoms. The molecule has 0 unspecified atom stereocenters. The van der Waals surface area contributed by atoms with Gasteiger partial charge in [0.25, 0.3) is 5.91 Å². The van der Waals surface area contributed by atoms with Crippen molar-refractivity contribution in [3.05, 3.63) is 40.6 Å². The fraction of sp³-hybridized carbons (Fsp3) is 0.529. The van der Waals surface area contributed by atoms with E-state index in [1.165, 1.54) is 11.3 Å². The monoisotopic (exact) mass is 332 g/mol. The summed E-state index contributed by atoms with van der Waals surface area (Å²) in [6.07, 6.45) is 3.86. The molecule has 0 bridgehead atoms. The van der Waals surface area contributed by atoms with E-state index in [1.54, 1.807) is 0 Å². The first-order valence-corrected chi connectivity index (χ1v) is 8.95. The summed E-state index contributed by atoms with van der Waals surface area (Å²) in [5.74, 6) is 1.50. The molecule has 0 saturated carbocycles. The minimum absolute atomic E-state index is 0.119. The Morgan fingerprint density at radius 3 is 3.00 bits per heavy atom. The van der Waals surface area contributed by atoms with Gasteiger partial charge in [0.1, 0.15) is 5.82 Å². The van der Waals surface area contributed by atoms with Gasteiger partial charge in [-0.1, -0.05) is 6.07 Å². The molecule has 2 aromatic rings. The van der Waals surface area contributed by atoms with Crippen LogP contribution < -0.4 is 0 Å². The van der Waals surface area contributed by atoms with Gasteiger partial charge in [0.05, 0.1) is 11.4 Å². The van der Waals surface area contributed by atoms with Crippen LogP contribution in [0.15, 0.2) is 29.9 Å². The summed E-state index contributed by atoms with van der Waals surface area (Å²) in [5, 5.41) is 1.95. The van der Waals surface area contributed by atoms with Gasteiger partial charge >= 0.3 is 0 Å². The molecule has 1 aliphatic rings. The zero-order valence-electron chi connectivity index (χ0n) is 14.0. The predicted molar refractivity (Wildman–Crippen MR) is 92.5 cm³/mol. The number of carbonyl (C=O) groups is 1. The van der Waals surface area contributed by atoms with E-state index in [0.717, 1.165) is 30.3 Å². The van der Waals surface area contributed by atoms with Crippen molar-refractivity contribution in [3.8, 4) is 0 Å². The number of carbonyl (C=O) groups excluding carboxylic acids is 1. The van der Waals surface area contributed by atoms with Crippen molar-refractivity contribution in [3.63, 3.8) is 0 Å². The topological polar surface area (TPSA) is 41.4 Å². The first-order chi connectivity index (χ1) is 11.0. The van der Waals surface area contributed by atoms with Gasteiger partial charge in [-0.05, 0) is 32.3 Å². The van der Waals surface area contributed by atoms with Crippen LogP contribution in [0, 0.1) is 5.92 Å². The van der Waals surface area contributed by atoms with E-state index in [9.17, 15) is 4.79 Å². The first-order valence-electron chi connectivity index (χ1n) is 8.07. The molecule has 6 heteroatoms. The highest BCUT2D eigenvalue weighted by molar-refractivity contribution is 7.12. The molecule has 0 fully saturated rings. The summed E-state index contributed by atoms with van der Waals surface area (Å²) < 4.78 is 2.19. The Balaban J connectivity index is 1.81. The van der Waals surface area contributed by atoms with Crippen LogP contribution in [-0.4, -0.2) is 51.4 Å². The van der Waals surface area contributed by atoms with Gasteiger partial charge in [-0.25, -0.2) is 4.98 Å². The second-order valence-electron chi connectivity index (χ2n) is 6.56. The Morgan fingerprint density at radius 1 is 1.48 bits per heavy atom. The molecule has 1 atom stereocenters. The number of thiophene rings is 1. The van der Waals surface area contributed by atoms with Gasteiger partial charge in [0.2, 0.25) is 0 Å². The van der Waals surface area contributed by atoms with Crippen molar-refractivity contribution < 1.29 is 4.79 Å². The molecule has 0 aliphatic carbocycles. The number of hydrogen-bond acceptors (Lipinski definition) is 4. The van der Waals surface area contributed by atoms with E-state index < -0.39 is 0 Å². The van der Waals surface area contributed by atoms with Crippen molar-refractivity contribution in [1.82, 2.24) is 19.4 Å². The molecule has 2 aromatic heterocycles. The van der Waals surface area contributed by atoms with Crippen LogP contribution >= 0.6 is 11.3 Å². The fourth-order valence-corrected chi connectivity index (χ4v) is 3.68. The third-order valence-electron chi connectivity index (χ3n) is 4.51. The predicted octanol–water partition coefficient (Wildman–Crippen LogP) is 2.56. The average Bonchev–Trinajstić information content (AvgIpc) is 3.15. The fourth-order valence-electron chi connectivity index (χ4n) is 2.99. The Morgan fingerprint density at radius 2 is 2.30 bits per heavy atom. The van der Waals surface area contributed by atoms with E-state index >= 15 is 0 Å². The molecule has 23 heavy (non-hydrogen) atoms. The second-order valence-corrected chi connectivity index (χ2v) is 7.51. The lowest BCUT2D eigenvalue weighted by Crippen LogP contribution is -2.39. The number of nitrogens with zero attached hydrogens (tertiary/aromatic N) is 4. The highest BCUT2D eigenvalue weighted by Crippen LogP contribution is 2.20. The maximum atomic E-state index is 12.8.